The number of hydrogen-bond donors (Lipinski definition) is 1. The van der Waals surface area contributed by atoms with E-state index in [1.165, 1.54) is 29.4 Å². The maximum Gasteiger partial charge on any atom is 0.365 e. The van der Waals surface area contributed by atoms with E-state index < -0.39 is 7.60 Å². The van der Waals surface area contributed by atoms with Crippen LogP contribution in [-0.4, -0.2) is 22.8 Å². The third-order valence-corrected chi connectivity index (χ3v) is 7.93. The van der Waals surface area contributed by atoms with Crippen LogP contribution in [0.2, 0.25) is 0 Å². The molecule has 1 aliphatic heterocycles. The third-order valence-electron chi connectivity index (χ3n) is 3.94. The van der Waals surface area contributed by atoms with E-state index in [0.29, 0.717) is 34.9 Å². The summed E-state index contributed by atoms with van der Waals surface area (Å²) in [4.78, 5) is 8.34. The van der Waals surface area contributed by atoms with Gasteiger partial charge in [-0.15, -0.1) is 11.8 Å². The topological polar surface area (TPSA) is 100 Å². The van der Waals surface area contributed by atoms with Crippen molar-refractivity contribution in [2.24, 2.45) is 0 Å². The fourth-order valence-electron chi connectivity index (χ4n) is 2.76. The van der Waals surface area contributed by atoms with Crippen molar-refractivity contribution < 1.29 is 18.0 Å². The van der Waals surface area contributed by atoms with Crippen LogP contribution in [0.5, 0.6) is 0 Å². The molecule has 2 N–H and O–H groups in total. The van der Waals surface area contributed by atoms with Gasteiger partial charge in [0.05, 0.1) is 23.2 Å². The first-order chi connectivity index (χ1) is 12.6. The second-order valence-electron chi connectivity index (χ2n) is 5.52. The van der Waals surface area contributed by atoms with Crippen molar-refractivity contribution in [1.29, 1.82) is 0 Å². The molecule has 0 aromatic carbocycles. The van der Waals surface area contributed by atoms with Gasteiger partial charge < -0.3 is 14.7 Å². The Morgan fingerprint density at radius 3 is 2.92 bits per heavy atom. The molecule has 0 spiro atoms. The van der Waals surface area contributed by atoms with Crippen molar-refractivity contribution in [2.45, 2.75) is 16.7 Å². The number of thiazole rings is 1. The Kier molecular flexibility index (Phi) is 4.90. The van der Waals surface area contributed by atoms with Crippen molar-refractivity contribution in [3.05, 3.63) is 42.4 Å². The number of rotatable bonds is 4. The van der Waals surface area contributed by atoms with Crippen molar-refractivity contribution in [3.63, 3.8) is 0 Å². The van der Waals surface area contributed by atoms with E-state index in [1.807, 2.05) is 18.4 Å². The van der Waals surface area contributed by atoms with Gasteiger partial charge in [0, 0.05) is 18.8 Å². The molecule has 10 heteroatoms. The van der Waals surface area contributed by atoms with Crippen molar-refractivity contribution in [2.75, 3.05) is 18.6 Å². The van der Waals surface area contributed by atoms with Crippen LogP contribution in [0, 0.1) is 0 Å². The second-order valence-corrected chi connectivity index (χ2v) is 9.57. The van der Waals surface area contributed by atoms with Crippen LogP contribution < -0.4 is 11.0 Å². The Hall–Kier alpha value is -1.64. The highest BCUT2D eigenvalue weighted by Crippen LogP contribution is 2.57. The highest BCUT2D eigenvalue weighted by Gasteiger charge is 2.40. The molecule has 2 unspecified atom stereocenters. The Labute approximate surface area is 158 Å². The summed E-state index contributed by atoms with van der Waals surface area (Å²) in [6.07, 6.45) is 7.04. The van der Waals surface area contributed by atoms with Crippen molar-refractivity contribution in [1.82, 2.24) is 9.97 Å². The van der Waals surface area contributed by atoms with E-state index in [-0.39, 0.29) is 6.10 Å². The van der Waals surface area contributed by atoms with Gasteiger partial charge in [-0.2, -0.15) is 0 Å². The van der Waals surface area contributed by atoms with Gasteiger partial charge in [0.25, 0.3) is 0 Å². The quantitative estimate of drug-likeness (QED) is 0.508. The number of furan rings is 1. The molecular formula is C16H16N3O4PS2. The van der Waals surface area contributed by atoms with Gasteiger partial charge in [0.2, 0.25) is 0 Å². The van der Waals surface area contributed by atoms with Crippen LogP contribution in [0.25, 0.3) is 11.5 Å². The molecule has 0 saturated carbocycles. The highest BCUT2D eigenvalue weighted by molar-refractivity contribution is 8.00. The van der Waals surface area contributed by atoms with Crippen LogP contribution in [0.1, 0.15) is 18.1 Å². The van der Waals surface area contributed by atoms with Gasteiger partial charge in [-0.25, -0.2) is 4.98 Å². The summed E-state index contributed by atoms with van der Waals surface area (Å²) >= 11 is 2.86. The summed E-state index contributed by atoms with van der Waals surface area (Å²) < 4.78 is 31.5. The number of hydrogen-bond acceptors (Lipinski definition) is 9. The smallest absolute Gasteiger partial charge is 0.365 e. The van der Waals surface area contributed by atoms with Crippen LogP contribution >= 0.6 is 30.7 Å². The summed E-state index contributed by atoms with van der Waals surface area (Å²) in [5.74, 6) is 0.376. The van der Waals surface area contributed by atoms with Gasteiger partial charge in [-0.05, 0) is 30.0 Å². The zero-order chi connectivity index (χ0) is 18.1. The number of pyridine rings is 1. The molecule has 4 heterocycles. The lowest BCUT2D eigenvalue weighted by molar-refractivity contribution is 0.0875. The molecule has 4 rings (SSSR count). The summed E-state index contributed by atoms with van der Waals surface area (Å²) in [6.45, 7) is 0.323. The monoisotopic (exact) mass is 409 g/mol. The Balaban J connectivity index is 1.71. The normalized spacial score (nSPS) is 23.2. The minimum atomic E-state index is -3.56. The van der Waals surface area contributed by atoms with Crippen LogP contribution in [0.3, 0.4) is 0 Å². The Morgan fingerprint density at radius 2 is 2.15 bits per heavy atom. The van der Waals surface area contributed by atoms with Crippen LogP contribution in [0.15, 0.2) is 45.5 Å². The van der Waals surface area contributed by atoms with E-state index >= 15 is 0 Å². The van der Waals surface area contributed by atoms with Crippen molar-refractivity contribution in [3.8, 4) is 11.5 Å². The minimum absolute atomic E-state index is 0.323. The van der Waals surface area contributed by atoms with E-state index in [9.17, 15) is 4.57 Å². The Morgan fingerprint density at radius 1 is 1.35 bits per heavy atom. The average Bonchev–Trinajstić information content (AvgIpc) is 3.29. The molecule has 0 bridgehead atoms. The fourth-order valence-corrected chi connectivity index (χ4v) is 6.12. The minimum Gasteiger partial charge on any atom is -0.462 e. The summed E-state index contributed by atoms with van der Waals surface area (Å²) in [7, 11) is -3.56. The SMILES string of the molecule is CSc1sc(N)nc1-c1occc1P1(=O)OCCC(c2ccncc2)O1. The molecule has 1 saturated heterocycles. The zero-order valence-corrected chi connectivity index (χ0v) is 16.4. The largest absolute Gasteiger partial charge is 0.462 e. The number of thioether (sulfide) groups is 1. The van der Waals surface area contributed by atoms with Crippen molar-refractivity contribution >= 4 is 41.1 Å². The zero-order valence-electron chi connectivity index (χ0n) is 13.8. The number of nitrogens with two attached hydrogens (primary N) is 1. The molecule has 1 fully saturated rings. The maximum atomic E-state index is 13.5. The molecule has 2 atom stereocenters. The van der Waals surface area contributed by atoms with E-state index in [2.05, 4.69) is 9.97 Å². The first-order valence-electron chi connectivity index (χ1n) is 7.82. The standard InChI is InChI=1S/C16H16N3O4PS2/c1-25-15-13(19-16(17)26-15)14-12(5-8-21-14)24(20)22-9-4-11(23-24)10-2-6-18-7-3-10/h2-3,5-8,11H,4,9H2,1H3,(H2,17,19). The number of nitrogens with zero attached hydrogens (tertiary/aromatic N) is 2. The molecular weight excluding hydrogens is 393 g/mol. The fraction of sp³-hybridized carbons (Fsp3) is 0.250. The van der Waals surface area contributed by atoms with Gasteiger partial charge in [0.1, 0.15) is 11.0 Å². The van der Waals surface area contributed by atoms with Crippen LogP contribution in [-0.2, 0) is 13.6 Å². The third kappa shape index (κ3) is 3.21. The number of aromatic nitrogens is 2. The number of nitrogen functional groups attached to an aromatic ring is 1. The first kappa shape index (κ1) is 17.8. The van der Waals surface area contributed by atoms with Gasteiger partial charge >= 0.3 is 7.60 Å². The highest BCUT2D eigenvalue weighted by atomic mass is 32.2. The molecule has 1 aliphatic rings. The molecule has 3 aromatic rings. The predicted molar refractivity (Wildman–Crippen MR) is 102 cm³/mol. The lowest BCUT2D eigenvalue weighted by Gasteiger charge is -2.29. The first-order valence-corrected chi connectivity index (χ1v) is 11.4. The lowest BCUT2D eigenvalue weighted by atomic mass is 10.1. The van der Waals surface area contributed by atoms with E-state index in [0.717, 1.165) is 9.77 Å². The predicted octanol–water partition coefficient (Wildman–Crippen LogP) is 4.10. The van der Waals surface area contributed by atoms with Gasteiger partial charge in [0.15, 0.2) is 10.9 Å². The van der Waals surface area contributed by atoms with Gasteiger partial charge in [-0.1, -0.05) is 11.3 Å². The van der Waals surface area contributed by atoms with E-state index in [1.54, 1.807) is 18.5 Å². The Bertz CT molecular complexity index is 960. The maximum absolute atomic E-state index is 13.5. The van der Waals surface area contributed by atoms with E-state index in [4.69, 9.17) is 19.2 Å². The number of anilines is 1. The molecule has 0 radical (unpaired) electrons. The summed E-state index contributed by atoms with van der Waals surface area (Å²) in [5, 5.41) is 0.794. The summed E-state index contributed by atoms with van der Waals surface area (Å²) in [5.41, 5.74) is 7.31. The van der Waals surface area contributed by atoms with Gasteiger partial charge in [-0.3, -0.25) is 14.1 Å². The molecule has 26 heavy (non-hydrogen) atoms. The van der Waals surface area contributed by atoms with Crippen LogP contribution in [0.4, 0.5) is 5.13 Å². The summed E-state index contributed by atoms with van der Waals surface area (Å²) in [6, 6.07) is 5.32. The second kappa shape index (κ2) is 7.17. The molecule has 7 nitrogen and oxygen atoms in total. The molecule has 3 aromatic heterocycles. The lowest BCUT2D eigenvalue weighted by Crippen LogP contribution is -2.20. The molecule has 0 amide bonds. The average molecular weight is 409 g/mol. The molecule has 136 valence electrons. The molecule has 0 aliphatic carbocycles.